The van der Waals surface area contributed by atoms with Crippen LogP contribution in [0.25, 0.3) is 10.9 Å². The first kappa shape index (κ1) is 22.8. The molecule has 0 aliphatic heterocycles. The zero-order chi connectivity index (χ0) is 22.9. The van der Waals surface area contributed by atoms with Crippen LogP contribution in [0.2, 0.25) is 0 Å². The largest absolute Gasteiger partial charge is 0.445 e. The Bertz CT molecular complexity index is 1070. The number of benzene rings is 2. The van der Waals surface area contributed by atoms with Gasteiger partial charge in [-0.25, -0.2) is 4.79 Å². The third-order valence-electron chi connectivity index (χ3n) is 4.98. The molecule has 0 radical (unpaired) electrons. The topological polar surface area (TPSA) is 133 Å². The number of aliphatic hydroxyl groups excluding tert-OH is 1. The van der Waals surface area contributed by atoms with Gasteiger partial charge in [-0.15, -0.1) is 0 Å². The predicted molar refractivity (Wildman–Crippen MR) is 119 cm³/mol. The highest BCUT2D eigenvalue weighted by atomic mass is 16.5. The number of nitrogens with one attached hydrogen (secondary N) is 4. The molecule has 32 heavy (non-hydrogen) atoms. The molecule has 2 aromatic carbocycles. The molecule has 0 saturated carbocycles. The first-order chi connectivity index (χ1) is 15.5. The Hall–Kier alpha value is -3.85. The molecule has 0 aliphatic rings. The second kappa shape index (κ2) is 11.0. The van der Waals surface area contributed by atoms with Gasteiger partial charge in [-0.3, -0.25) is 9.59 Å². The van der Waals surface area contributed by atoms with Crippen LogP contribution in [0.15, 0.2) is 60.8 Å². The van der Waals surface area contributed by atoms with Crippen molar-refractivity contribution in [1.29, 1.82) is 0 Å². The predicted octanol–water partition coefficient (Wildman–Crippen LogP) is 1.23. The fourth-order valence-electron chi connectivity index (χ4n) is 3.28. The number of rotatable bonds is 9. The molecule has 0 fully saturated rings. The number of alkyl carbamates (subject to hydrolysis) is 1. The first-order valence-electron chi connectivity index (χ1n) is 10.2. The maximum atomic E-state index is 12.7. The average Bonchev–Trinajstić information content (AvgIpc) is 3.23. The fraction of sp³-hybridized carbons (Fsp3) is 0.261. The number of ether oxygens (including phenoxy) is 1. The van der Waals surface area contributed by atoms with E-state index in [-0.39, 0.29) is 13.0 Å². The molecule has 1 aromatic heterocycles. The summed E-state index contributed by atoms with van der Waals surface area (Å²) >= 11 is 0. The second-order valence-corrected chi connectivity index (χ2v) is 7.18. The van der Waals surface area contributed by atoms with E-state index < -0.39 is 36.6 Å². The smallest absolute Gasteiger partial charge is 0.408 e. The van der Waals surface area contributed by atoms with Gasteiger partial charge in [0.15, 0.2) is 0 Å². The van der Waals surface area contributed by atoms with Crippen molar-refractivity contribution in [1.82, 2.24) is 20.9 Å². The third kappa shape index (κ3) is 5.86. The highest BCUT2D eigenvalue weighted by Crippen LogP contribution is 2.19. The van der Waals surface area contributed by atoms with Gasteiger partial charge in [-0.1, -0.05) is 48.5 Å². The maximum Gasteiger partial charge on any atom is 0.408 e. The molecule has 2 atom stereocenters. The van der Waals surface area contributed by atoms with Crippen LogP contribution in [0.1, 0.15) is 11.1 Å². The normalized spacial score (nSPS) is 12.6. The Morgan fingerprint density at radius 3 is 2.41 bits per heavy atom. The molecule has 9 heteroatoms. The minimum Gasteiger partial charge on any atom is -0.445 e. The summed E-state index contributed by atoms with van der Waals surface area (Å²) in [5.74, 6) is -1.09. The maximum absolute atomic E-state index is 12.7. The van der Waals surface area contributed by atoms with E-state index in [1.54, 1.807) is 18.3 Å². The first-order valence-corrected chi connectivity index (χ1v) is 10.2. The van der Waals surface area contributed by atoms with E-state index in [2.05, 4.69) is 20.9 Å². The number of likely N-dealkylation sites (N-methyl/N-ethyl adjacent to an activating group) is 1. The quantitative estimate of drug-likeness (QED) is 0.343. The Kier molecular flexibility index (Phi) is 7.82. The fourth-order valence-corrected chi connectivity index (χ4v) is 3.28. The molecule has 5 N–H and O–H groups in total. The highest BCUT2D eigenvalue weighted by Gasteiger charge is 2.27. The van der Waals surface area contributed by atoms with E-state index in [9.17, 15) is 19.5 Å². The number of amides is 3. The van der Waals surface area contributed by atoms with Crippen LogP contribution in [-0.4, -0.2) is 53.7 Å². The van der Waals surface area contributed by atoms with E-state index in [4.69, 9.17) is 4.74 Å². The summed E-state index contributed by atoms with van der Waals surface area (Å²) in [6.45, 7) is -0.631. The number of carbonyl (C=O) groups is 3. The molecule has 1 unspecified atom stereocenters. The molecule has 3 rings (SSSR count). The number of aromatic amines is 1. The third-order valence-corrected chi connectivity index (χ3v) is 4.98. The van der Waals surface area contributed by atoms with Gasteiger partial charge >= 0.3 is 6.09 Å². The van der Waals surface area contributed by atoms with Crippen LogP contribution >= 0.6 is 0 Å². The van der Waals surface area contributed by atoms with E-state index >= 15 is 0 Å². The molecule has 0 aliphatic carbocycles. The van der Waals surface area contributed by atoms with Crippen molar-refractivity contribution in [2.75, 3.05) is 13.7 Å². The zero-order valence-corrected chi connectivity index (χ0v) is 17.6. The van der Waals surface area contributed by atoms with Gasteiger partial charge in [-0.05, 0) is 17.2 Å². The monoisotopic (exact) mass is 438 g/mol. The summed E-state index contributed by atoms with van der Waals surface area (Å²) in [5.41, 5.74) is 2.55. The lowest BCUT2D eigenvalue weighted by Gasteiger charge is -2.21. The summed E-state index contributed by atoms with van der Waals surface area (Å²) in [5, 5.41) is 18.0. The number of aromatic nitrogens is 1. The number of carbonyl (C=O) groups excluding carboxylic acids is 3. The second-order valence-electron chi connectivity index (χ2n) is 7.18. The van der Waals surface area contributed by atoms with Crippen molar-refractivity contribution in [2.45, 2.75) is 25.1 Å². The van der Waals surface area contributed by atoms with Gasteiger partial charge in [0, 0.05) is 30.6 Å². The zero-order valence-electron chi connectivity index (χ0n) is 17.6. The van der Waals surface area contributed by atoms with Gasteiger partial charge in [0.25, 0.3) is 0 Å². The summed E-state index contributed by atoms with van der Waals surface area (Å²) in [7, 11) is 1.47. The summed E-state index contributed by atoms with van der Waals surface area (Å²) in [6, 6.07) is 14.5. The number of para-hydroxylation sites is 1. The van der Waals surface area contributed by atoms with Gasteiger partial charge in [0.2, 0.25) is 11.8 Å². The molecule has 0 saturated heterocycles. The van der Waals surface area contributed by atoms with Crippen molar-refractivity contribution in [3.63, 3.8) is 0 Å². The van der Waals surface area contributed by atoms with Crippen LogP contribution in [0.5, 0.6) is 0 Å². The van der Waals surface area contributed by atoms with Crippen molar-refractivity contribution < 1.29 is 24.2 Å². The lowest BCUT2D eigenvalue weighted by atomic mass is 10.0. The molecule has 3 amide bonds. The Morgan fingerprint density at radius 2 is 1.69 bits per heavy atom. The lowest BCUT2D eigenvalue weighted by molar-refractivity contribution is -0.130. The SMILES string of the molecule is CNC(=O)[C@H](Cc1c[nH]c2ccccc12)NC(=O)C(CO)NC(=O)OCc1ccccc1. The van der Waals surface area contributed by atoms with E-state index in [1.165, 1.54) is 7.05 Å². The minimum atomic E-state index is -1.27. The van der Waals surface area contributed by atoms with E-state index in [0.29, 0.717) is 0 Å². The van der Waals surface area contributed by atoms with Gasteiger partial charge < -0.3 is 30.8 Å². The number of hydrogen-bond donors (Lipinski definition) is 5. The molecule has 3 aromatic rings. The van der Waals surface area contributed by atoms with Gasteiger partial charge in [0.05, 0.1) is 6.61 Å². The molecule has 168 valence electrons. The lowest BCUT2D eigenvalue weighted by Crippen LogP contribution is -2.55. The Morgan fingerprint density at radius 1 is 0.969 bits per heavy atom. The van der Waals surface area contributed by atoms with Crippen LogP contribution < -0.4 is 16.0 Å². The van der Waals surface area contributed by atoms with Gasteiger partial charge in [-0.2, -0.15) is 0 Å². The minimum absolute atomic E-state index is 0.0217. The number of hydrogen-bond acceptors (Lipinski definition) is 5. The molecular weight excluding hydrogens is 412 g/mol. The highest BCUT2D eigenvalue weighted by molar-refractivity contribution is 5.92. The molecule has 9 nitrogen and oxygen atoms in total. The standard InChI is InChI=1S/C23H26N4O5/c1-24-21(29)19(11-16-12-25-18-10-6-5-9-17(16)18)26-22(30)20(13-28)27-23(31)32-14-15-7-3-2-4-8-15/h2-10,12,19-20,25,28H,11,13-14H2,1H3,(H,24,29)(H,26,30)(H,27,31)/t19-,20?/m0/s1. The number of H-pyrrole nitrogens is 1. The molecule has 0 spiro atoms. The summed E-state index contributed by atoms with van der Waals surface area (Å²) in [6.07, 6.45) is 1.16. The van der Waals surface area contributed by atoms with Gasteiger partial charge in [0.1, 0.15) is 18.7 Å². The Labute approximate surface area is 185 Å². The van der Waals surface area contributed by atoms with Crippen LogP contribution in [-0.2, 0) is 27.4 Å². The number of fused-ring (bicyclic) bond motifs is 1. The molecule has 0 bridgehead atoms. The van der Waals surface area contributed by atoms with Crippen LogP contribution in [0.4, 0.5) is 4.79 Å². The van der Waals surface area contributed by atoms with Crippen molar-refractivity contribution >= 4 is 28.8 Å². The van der Waals surface area contributed by atoms with Crippen LogP contribution in [0.3, 0.4) is 0 Å². The summed E-state index contributed by atoms with van der Waals surface area (Å²) in [4.78, 5) is 40.3. The van der Waals surface area contributed by atoms with Crippen molar-refractivity contribution in [2.24, 2.45) is 0 Å². The van der Waals surface area contributed by atoms with E-state index in [0.717, 1.165) is 22.0 Å². The van der Waals surface area contributed by atoms with E-state index in [1.807, 2.05) is 42.5 Å². The van der Waals surface area contributed by atoms with Crippen LogP contribution in [0, 0.1) is 0 Å². The number of aliphatic hydroxyl groups is 1. The van der Waals surface area contributed by atoms with Crippen molar-refractivity contribution in [3.05, 3.63) is 71.9 Å². The molecular formula is C23H26N4O5. The van der Waals surface area contributed by atoms with Crippen molar-refractivity contribution in [3.8, 4) is 0 Å². The Balaban J connectivity index is 1.62. The molecule has 1 heterocycles. The summed E-state index contributed by atoms with van der Waals surface area (Å²) < 4.78 is 5.09. The average molecular weight is 438 g/mol.